The number of benzene rings is 1. The fourth-order valence-corrected chi connectivity index (χ4v) is 2.26. The highest BCUT2D eigenvalue weighted by Gasteiger charge is 2.17. The van der Waals surface area contributed by atoms with E-state index in [1.165, 1.54) is 5.57 Å². The maximum absolute atomic E-state index is 12.2. The van der Waals surface area contributed by atoms with Gasteiger partial charge in [-0.05, 0) is 47.5 Å². The summed E-state index contributed by atoms with van der Waals surface area (Å²) >= 11 is 9.24. The minimum Gasteiger partial charge on any atom is -0.335 e. The van der Waals surface area contributed by atoms with Gasteiger partial charge in [0.25, 0.3) is 5.91 Å². The van der Waals surface area contributed by atoms with E-state index in [1.54, 1.807) is 18.2 Å². The lowest BCUT2D eigenvalue weighted by atomic mass is 10.1. The Morgan fingerprint density at radius 1 is 1.47 bits per heavy atom. The van der Waals surface area contributed by atoms with Gasteiger partial charge in [-0.25, -0.2) is 0 Å². The molecule has 2 nitrogen and oxygen atoms in total. The van der Waals surface area contributed by atoms with Gasteiger partial charge >= 0.3 is 0 Å². The summed E-state index contributed by atoms with van der Waals surface area (Å²) in [7, 11) is 0. The summed E-state index contributed by atoms with van der Waals surface area (Å²) in [5, 5.41) is 0.621. The number of nitrogens with zero attached hydrogens (tertiary/aromatic N) is 1. The van der Waals surface area contributed by atoms with E-state index in [-0.39, 0.29) is 5.91 Å². The average Bonchev–Trinajstić information content (AvgIpc) is 2.33. The Labute approximate surface area is 114 Å². The van der Waals surface area contributed by atoms with Crippen LogP contribution >= 0.6 is 27.5 Å². The quantitative estimate of drug-likeness (QED) is 0.720. The minimum absolute atomic E-state index is 0.0612. The van der Waals surface area contributed by atoms with Gasteiger partial charge in [-0.2, -0.15) is 0 Å². The van der Waals surface area contributed by atoms with Crippen molar-refractivity contribution in [2.75, 3.05) is 13.1 Å². The molecule has 1 aliphatic heterocycles. The van der Waals surface area contributed by atoms with Crippen LogP contribution in [0.4, 0.5) is 0 Å². The van der Waals surface area contributed by atoms with Crippen molar-refractivity contribution in [3.05, 3.63) is 44.9 Å². The zero-order chi connectivity index (χ0) is 12.4. The van der Waals surface area contributed by atoms with Gasteiger partial charge in [-0.15, -0.1) is 0 Å². The minimum atomic E-state index is 0.0612. The SMILES string of the molecule is CC1=CCN(C(=O)c2ccc(Cl)c(Br)c2)CC1. The molecule has 2 rings (SSSR count). The van der Waals surface area contributed by atoms with E-state index in [4.69, 9.17) is 11.6 Å². The Morgan fingerprint density at radius 3 is 2.82 bits per heavy atom. The topological polar surface area (TPSA) is 20.3 Å². The molecule has 0 unspecified atom stereocenters. The van der Waals surface area contributed by atoms with E-state index in [0.29, 0.717) is 17.1 Å². The van der Waals surface area contributed by atoms with E-state index in [0.717, 1.165) is 17.4 Å². The first-order chi connectivity index (χ1) is 8.08. The summed E-state index contributed by atoms with van der Waals surface area (Å²) in [4.78, 5) is 14.1. The van der Waals surface area contributed by atoms with Crippen LogP contribution in [0.5, 0.6) is 0 Å². The molecule has 0 aliphatic carbocycles. The number of halogens is 2. The number of amides is 1. The molecule has 0 N–H and O–H groups in total. The molecule has 0 saturated carbocycles. The van der Waals surface area contributed by atoms with E-state index < -0.39 is 0 Å². The summed E-state index contributed by atoms with van der Waals surface area (Å²) in [5.74, 6) is 0.0612. The first-order valence-corrected chi connectivity index (χ1v) is 6.65. The van der Waals surface area contributed by atoms with Gasteiger partial charge in [0, 0.05) is 23.1 Å². The maximum atomic E-state index is 12.2. The molecule has 0 aromatic heterocycles. The first kappa shape index (κ1) is 12.7. The molecule has 0 fully saturated rings. The van der Waals surface area contributed by atoms with Crippen LogP contribution in [0, 0.1) is 0 Å². The van der Waals surface area contributed by atoms with Crippen LogP contribution < -0.4 is 0 Å². The van der Waals surface area contributed by atoms with E-state index in [2.05, 4.69) is 28.9 Å². The maximum Gasteiger partial charge on any atom is 0.254 e. The van der Waals surface area contributed by atoms with Gasteiger partial charge in [-0.3, -0.25) is 4.79 Å². The Balaban J connectivity index is 2.17. The number of hydrogen-bond acceptors (Lipinski definition) is 1. The van der Waals surface area contributed by atoms with Gasteiger partial charge in [0.1, 0.15) is 0 Å². The second kappa shape index (κ2) is 5.23. The number of hydrogen-bond donors (Lipinski definition) is 0. The van der Waals surface area contributed by atoms with Crippen molar-refractivity contribution in [1.29, 1.82) is 0 Å². The zero-order valence-electron chi connectivity index (χ0n) is 9.54. The first-order valence-electron chi connectivity index (χ1n) is 5.48. The molecule has 0 atom stereocenters. The molecule has 17 heavy (non-hydrogen) atoms. The molecule has 0 radical (unpaired) electrons. The van der Waals surface area contributed by atoms with Crippen molar-refractivity contribution in [2.45, 2.75) is 13.3 Å². The van der Waals surface area contributed by atoms with Crippen molar-refractivity contribution in [3.8, 4) is 0 Å². The predicted octanol–water partition coefficient (Wildman–Crippen LogP) is 3.89. The van der Waals surface area contributed by atoms with Gasteiger partial charge in [0.05, 0.1) is 5.02 Å². The molecule has 90 valence electrons. The molecule has 1 aromatic carbocycles. The van der Waals surface area contributed by atoms with Crippen LogP contribution in [0.3, 0.4) is 0 Å². The highest BCUT2D eigenvalue weighted by Crippen LogP contribution is 2.24. The van der Waals surface area contributed by atoms with Crippen LogP contribution in [0.15, 0.2) is 34.3 Å². The Hall–Kier alpha value is -0.800. The molecule has 0 saturated heterocycles. The molecule has 0 bridgehead atoms. The fraction of sp³-hybridized carbons (Fsp3) is 0.308. The van der Waals surface area contributed by atoms with Crippen LogP contribution in [0.1, 0.15) is 23.7 Å². The third-order valence-corrected chi connectivity index (χ3v) is 4.10. The largest absolute Gasteiger partial charge is 0.335 e. The van der Waals surface area contributed by atoms with Crippen molar-refractivity contribution in [2.24, 2.45) is 0 Å². The van der Waals surface area contributed by atoms with Crippen molar-refractivity contribution >= 4 is 33.4 Å². The standard InChI is InChI=1S/C13H13BrClNO/c1-9-4-6-16(7-5-9)13(17)10-2-3-12(15)11(14)8-10/h2-4,8H,5-7H2,1H3. The third-order valence-electron chi connectivity index (χ3n) is 2.89. The predicted molar refractivity (Wildman–Crippen MR) is 73.4 cm³/mol. The van der Waals surface area contributed by atoms with Crippen LogP contribution in [-0.4, -0.2) is 23.9 Å². The second-order valence-electron chi connectivity index (χ2n) is 4.18. The number of carbonyl (C=O) groups is 1. The highest BCUT2D eigenvalue weighted by molar-refractivity contribution is 9.10. The summed E-state index contributed by atoms with van der Waals surface area (Å²) in [6.07, 6.45) is 3.06. The Bertz CT molecular complexity index is 484. The van der Waals surface area contributed by atoms with Crippen LogP contribution in [-0.2, 0) is 0 Å². The van der Waals surface area contributed by atoms with Crippen LogP contribution in [0.2, 0.25) is 5.02 Å². The zero-order valence-corrected chi connectivity index (χ0v) is 11.9. The van der Waals surface area contributed by atoms with Gasteiger partial charge < -0.3 is 4.90 Å². The second-order valence-corrected chi connectivity index (χ2v) is 5.44. The summed E-state index contributed by atoms with van der Waals surface area (Å²) in [5.41, 5.74) is 2.03. The molecule has 1 heterocycles. The Morgan fingerprint density at radius 2 is 2.24 bits per heavy atom. The van der Waals surface area contributed by atoms with Gasteiger partial charge in [0.2, 0.25) is 0 Å². The van der Waals surface area contributed by atoms with Crippen molar-refractivity contribution < 1.29 is 4.79 Å². The van der Waals surface area contributed by atoms with Crippen molar-refractivity contribution in [1.82, 2.24) is 4.90 Å². The molecule has 0 spiro atoms. The van der Waals surface area contributed by atoms with E-state index in [1.807, 2.05) is 4.90 Å². The Kier molecular flexibility index (Phi) is 3.89. The third kappa shape index (κ3) is 2.90. The normalized spacial score (nSPS) is 15.7. The lowest BCUT2D eigenvalue weighted by Gasteiger charge is -2.25. The number of carbonyl (C=O) groups excluding carboxylic acids is 1. The van der Waals surface area contributed by atoms with Crippen molar-refractivity contribution in [3.63, 3.8) is 0 Å². The van der Waals surface area contributed by atoms with Gasteiger partial charge in [-0.1, -0.05) is 23.3 Å². The average molecular weight is 315 g/mol. The lowest BCUT2D eigenvalue weighted by Crippen LogP contribution is -2.34. The van der Waals surface area contributed by atoms with E-state index in [9.17, 15) is 4.79 Å². The smallest absolute Gasteiger partial charge is 0.254 e. The molecular weight excluding hydrogens is 302 g/mol. The molecule has 1 aliphatic rings. The monoisotopic (exact) mass is 313 g/mol. The molecule has 1 aromatic rings. The lowest BCUT2D eigenvalue weighted by molar-refractivity contribution is 0.0769. The van der Waals surface area contributed by atoms with Gasteiger partial charge in [0.15, 0.2) is 0 Å². The van der Waals surface area contributed by atoms with Crippen LogP contribution in [0.25, 0.3) is 0 Å². The summed E-state index contributed by atoms with van der Waals surface area (Å²) < 4.78 is 0.758. The summed E-state index contributed by atoms with van der Waals surface area (Å²) in [6.45, 7) is 3.59. The fourth-order valence-electron chi connectivity index (χ4n) is 1.77. The molecule has 1 amide bonds. The highest BCUT2D eigenvalue weighted by atomic mass is 79.9. The molecular formula is C13H13BrClNO. The summed E-state index contributed by atoms with van der Waals surface area (Å²) in [6, 6.07) is 5.28. The number of rotatable bonds is 1. The molecule has 4 heteroatoms. The van der Waals surface area contributed by atoms with E-state index >= 15 is 0 Å².